The summed E-state index contributed by atoms with van der Waals surface area (Å²) in [5, 5.41) is 0.664. The fourth-order valence-corrected chi connectivity index (χ4v) is 3.77. The lowest BCUT2D eigenvalue weighted by Crippen LogP contribution is -2.39. The Morgan fingerprint density at radius 2 is 2.18 bits per heavy atom. The molecule has 0 saturated carbocycles. The van der Waals surface area contributed by atoms with Gasteiger partial charge in [0.15, 0.2) is 0 Å². The predicted octanol–water partition coefficient (Wildman–Crippen LogP) is 3.95. The zero-order chi connectivity index (χ0) is 20.1. The van der Waals surface area contributed by atoms with Gasteiger partial charge in [0, 0.05) is 44.5 Å². The number of benzene rings is 1. The van der Waals surface area contributed by atoms with E-state index in [4.69, 9.17) is 21.3 Å². The second-order valence-electron chi connectivity index (χ2n) is 7.22. The molecule has 1 aromatic heterocycles. The third kappa shape index (κ3) is 4.62. The first-order chi connectivity index (χ1) is 13.5. The summed E-state index contributed by atoms with van der Waals surface area (Å²) in [6.07, 6.45) is 5.18. The van der Waals surface area contributed by atoms with E-state index in [-0.39, 0.29) is 11.9 Å². The number of anilines is 1. The van der Waals surface area contributed by atoms with Crippen LogP contribution in [0.15, 0.2) is 30.5 Å². The fraction of sp³-hybridized carbons (Fsp3) is 0.476. The Hall–Kier alpha value is -2.18. The maximum Gasteiger partial charge on any atom is 0.225 e. The lowest BCUT2D eigenvalue weighted by atomic mass is 9.93. The van der Waals surface area contributed by atoms with E-state index in [9.17, 15) is 4.79 Å². The number of hydrogen-bond acceptors (Lipinski definition) is 5. The van der Waals surface area contributed by atoms with Crippen LogP contribution in [0.1, 0.15) is 37.4 Å². The maximum absolute atomic E-state index is 12.8. The SMILES string of the molecule is COCCC(=O)N1CCCC[C@@H]1c1nc(N(C)C)ncc1-c1cccc(Cl)c1. The van der Waals surface area contributed by atoms with Gasteiger partial charge in [0.25, 0.3) is 0 Å². The number of rotatable bonds is 6. The first-order valence-electron chi connectivity index (χ1n) is 9.60. The van der Waals surface area contributed by atoms with Gasteiger partial charge in [-0.1, -0.05) is 23.7 Å². The molecule has 1 aromatic carbocycles. The van der Waals surface area contributed by atoms with E-state index in [2.05, 4.69) is 4.98 Å². The monoisotopic (exact) mass is 402 g/mol. The van der Waals surface area contributed by atoms with E-state index in [1.807, 2.05) is 54.4 Å². The quantitative estimate of drug-likeness (QED) is 0.732. The molecule has 3 rings (SSSR count). The van der Waals surface area contributed by atoms with Crippen LogP contribution in [0.5, 0.6) is 0 Å². The molecule has 28 heavy (non-hydrogen) atoms. The molecule has 1 atom stereocenters. The second-order valence-corrected chi connectivity index (χ2v) is 7.65. The lowest BCUT2D eigenvalue weighted by Gasteiger charge is -2.36. The van der Waals surface area contributed by atoms with Crippen LogP contribution in [0, 0.1) is 0 Å². The Labute approximate surface area is 171 Å². The molecule has 7 heteroatoms. The molecule has 2 heterocycles. The average molecular weight is 403 g/mol. The predicted molar refractivity (Wildman–Crippen MR) is 112 cm³/mol. The van der Waals surface area contributed by atoms with E-state index in [1.165, 1.54) is 0 Å². The number of aromatic nitrogens is 2. The van der Waals surface area contributed by atoms with Crippen molar-refractivity contribution < 1.29 is 9.53 Å². The van der Waals surface area contributed by atoms with Crippen LogP contribution in [-0.2, 0) is 9.53 Å². The van der Waals surface area contributed by atoms with Gasteiger partial charge in [-0.25, -0.2) is 9.97 Å². The number of carbonyl (C=O) groups excluding carboxylic acids is 1. The van der Waals surface area contributed by atoms with E-state index >= 15 is 0 Å². The van der Waals surface area contributed by atoms with Crippen molar-refractivity contribution in [1.29, 1.82) is 0 Å². The highest BCUT2D eigenvalue weighted by Gasteiger charge is 2.31. The van der Waals surface area contributed by atoms with Gasteiger partial charge in [0.05, 0.1) is 24.8 Å². The van der Waals surface area contributed by atoms with Gasteiger partial charge in [-0.2, -0.15) is 0 Å². The largest absolute Gasteiger partial charge is 0.384 e. The summed E-state index contributed by atoms with van der Waals surface area (Å²) in [6.45, 7) is 1.17. The minimum atomic E-state index is -0.0752. The normalized spacial score (nSPS) is 16.9. The smallest absolute Gasteiger partial charge is 0.225 e. The van der Waals surface area contributed by atoms with E-state index in [0.717, 1.165) is 42.6 Å². The van der Waals surface area contributed by atoms with Crippen molar-refractivity contribution in [3.63, 3.8) is 0 Å². The zero-order valence-corrected chi connectivity index (χ0v) is 17.4. The Kier molecular flexibility index (Phi) is 6.86. The van der Waals surface area contributed by atoms with Crippen LogP contribution in [0.4, 0.5) is 5.95 Å². The van der Waals surface area contributed by atoms with Gasteiger partial charge >= 0.3 is 0 Å². The molecular formula is C21H27ClN4O2. The number of methoxy groups -OCH3 is 1. The third-order valence-corrected chi connectivity index (χ3v) is 5.24. The molecule has 1 aliphatic heterocycles. The molecule has 0 unspecified atom stereocenters. The number of ether oxygens (including phenoxy) is 1. The van der Waals surface area contributed by atoms with Crippen molar-refractivity contribution in [3.05, 3.63) is 41.2 Å². The van der Waals surface area contributed by atoms with E-state index < -0.39 is 0 Å². The summed E-state index contributed by atoms with van der Waals surface area (Å²) in [6, 6.07) is 7.61. The van der Waals surface area contributed by atoms with Crippen molar-refractivity contribution in [1.82, 2.24) is 14.9 Å². The van der Waals surface area contributed by atoms with Crippen LogP contribution in [-0.4, -0.2) is 55.1 Å². The highest BCUT2D eigenvalue weighted by atomic mass is 35.5. The van der Waals surface area contributed by atoms with Crippen molar-refractivity contribution >= 4 is 23.5 Å². The molecule has 150 valence electrons. The minimum absolute atomic E-state index is 0.0752. The van der Waals surface area contributed by atoms with Gasteiger partial charge in [-0.15, -0.1) is 0 Å². The Balaban J connectivity index is 2.05. The summed E-state index contributed by atoms with van der Waals surface area (Å²) < 4.78 is 5.11. The van der Waals surface area contributed by atoms with E-state index in [1.54, 1.807) is 7.11 Å². The van der Waals surface area contributed by atoms with E-state index in [0.29, 0.717) is 24.0 Å². The van der Waals surface area contributed by atoms with Crippen molar-refractivity contribution in [2.24, 2.45) is 0 Å². The summed E-state index contributed by atoms with van der Waals surface area (Å²) in [7, 11) is 5.45. The number of nitrogens with zero attached hydrogens (tertiary/aromatic N) is 4. The number of piperidine rings is 1. The van der Waals surface area contributed by atoms with Crippen molar-refractivity contribution in [3.8, 4) is 11.1 Å². The molecule has 1 aliphatic rings. The molecule has 2 aromatic rings. The lowest BCUT2D eigenvalue weighted by molar-refractivity contribution is -0.136. The number of halogens is 1. The molecular weight excluding hydrogens is 376 g/mol. The Morgan fingerprint density at radius 1 is 1.36 bits per heavy atom. The highest BCUT2D eigenvalue weighted by molar-refractivity contribution is 6.30. The van der Waals surface area contributed by atoms with Crippen LogP contribution >= 0.6 is 11.6 Å². The van der Waals surface area contributed by atoms with Gasteiger partial charge in [-0.3, -0.25) is 4.79 Å². The molecule has 0 radical (unpaired) electrons. The highest BCUT2D eigenvalue weighted by Crippen LogP contribution is 2.37. The maximum atomic E-state index is 12.8. The van der Waals surface area contributed by atoms with Crippen LogP contribution in [0.25, 0.3) is 11.1 Å². The number of hydrogen-bond donors (Lipinski definition) is 0. The Bertz CT molecular complexity index is 828. The summed E-state index contributed by atoms with van der Waals surface area (Å²) in [5.41, 5.74) is 2.76. The van der Waals surface area contributed by atoms with Crippen LogP contribution in [0.2, 0.25) is 5.02 Å². The summed E-state index contributed by atoms with van der Waals surface area (Å²) in [5.74, 6) is 0.740. The standard InChI is InChI=1S/C21H27ClN4O2/c1-25(2)21-23-14-17(15-7-6-8-16(22)13-15)20(24-21)18-9-4-5-11-26(18)19(27)10-12-28-3/h6-8,13-14,18H,4-5,9-12H2,1-3H3/t18-/m1/s1. The summed E-state index contributed by atoms with van der Waals surface area (Å²) >= 11 is 6.22. The number of likely N-dealkylation sites (tertiary alicyclic amines) is 1. The molecule has 1 saturated heterocycles. The number of amides is 1. The zero-order valence-electron chi connectivity index (χ0n) is 16.7. The molecule has 1 fully saturated rings. The van der Waals surface area contributed by atoms with Crippen molar-refractivity contribution in [2.75, 3.05) is 39.3 Å². The fourth-order valence-electron chi connectivity index (χ4n) is 3.58. The Morgan fingerprint density at radius 3 is 2.89 bits per heavy atom. The van der Waals surface area contributed by atoms with Gasteiger partial charge < -0.3 is 14.5 Å². The molecule has 0 aliphatic carbocycles. The topological polar surface area (TPSA) is 58.6 Å². The van der Waals surface area contributed by atoms with Crippen LogP contribution in [0.3, 0.4) is 0 Å². The second kappa shape index (κ2) is 9.34. The summed E-state index contributed by atoms with van der Waals surface area (Å²) in [4.78, 5) is 26.0. The third-order valence-electron chi connectivity index (χ3n) is 5.00. The molecule has 0 bridgehead atoms. The number of carbonyl (C=O) groups is 1. The first-order valence-corrected chi connectivity index (χ1v) is 9.97. The molecule has 0 N–H and O–H groups in total. The van der Waals surface area contributed by atoms with Gasteiger partial charge in [0.2, 0.25) is 11.9 Å². The molecule has 0 spiro atoms. The first kappa shape index (κ1) is 20.6. The van der Waals surface area contributed by atoms with Gasteiger partial charge in [-0.05, 0) is 37.0 Å². The van der Waals surface area contributed by atoms with Gasteiger partial charge in [0.1, 0.15) is 0 Å². The molecule has 1 amide bonds. The minimum Gasteiger partial charge on any atom is -0.384 e. The molecule has 6 nitrogen and oxygen atoms in total. The van der Waals surface area contributed by atoms with Crippen molar-refractivity contribution in [2.45, 2.75) is 31.7 Å². The average Bonchev–Trinajstić information content (AvgIpc) is 2.71. The van der Waals surface area contributed by atoms with Crippen LogP contribution < -0.4 is 4.90 Å².